The zero-order valence-corrected chi connectivity index (χ0v) is 16.4. The predicted molar refractivity (Wildman–Crippen MR) is 104 cm³/mol. The summed E-state index contributed by atoms with van der Waals surface area (Å²) in [7, 11) is -0.701. The number of nitrogens with zero attached hydrogens (tertiary/aromatic N) is 1. The number of carbonyl (C=O) groups excluding carboxylic acids is 1. The van der Waals surface area contributed by atoms with E-state index in [1.165, 1.54) is 24.3 Å². The van der Waals surface area contributed by atoms with Crippen LogP contribution in [0.3, 0.4) is 0 Å². The zero-order chi connectivity index (χ0) is 21.8. The number of carbonyl (C=O) groups is 1. The summed E-state index contributed by atoms with van der Waals surface area (Å²) >= 11 is 0. The smallest absolute Gasteiger partial charge is 0.376 e. The topological polar surface area (TPSA) is 78.5 Å². The third-order valence-corrected chi connectivity index (χ3v) is 5.22. The van der Waals surface area contributed by atoms with Gasteiger partial charge in [-0.2, -0.15) is 17.9 Å². The van der Waals surface area contributed by atoms with Gasteiger partial charge in [0.05, 0.1) is 28.4 Å². The Balaban J connectivity index is 2.38. The Kier molecular flexibility index (Phi) is 6.56. The van der Waals surface area contributed by atoms with Crippen LogP contribution in [-0.2, 0) is 16.2 Å². The van der Waals surface area contributed by atoms with E-state index in [4.69, 9.17) is 6.42 Å². The Morgan fingerprint density at radius 2 is 1.86 bits per heavy atom. The molecule has 0 aromatic heterocycles. The number of amides is 1. The third kappa shape index (κ3) is 5.49. The van der Waals surface area contributed by atoms with E-state index in [-0.39, 0.29) is 22.7 Å². The maximum Gasteiger partial charge on any atom is 0.416 e. The molecule has 0 saturated heterocycles. The summed E-state index contributed by atoms with van der Waals surface area (Å²) in [5.74, 6) is 1.37. The summed E-state index contributed by atoms with van der Waals surface area (Å²) in [5.41, 5.74) is -0.678. The van der Waals surface area contributed by atoms with Crippen molar-refractivity contribution >= 4 is 27.3 Å². The van der Waals surface area contributed by atoms with Crippen molar-refractivity contribution in [3.8, 4) is 12.3 Å². The van der Waals surface area contributed by atoms with Crippen LogP contribution in [0.5, 0.6) is 0 Å². The Morgan fingerprint density at radius 1 is 1.17 bits per heavy atom. The van der Waals surface area contributed by atoms with E-state index in [1.54, 1.807) is 19.0 Å². The number of alkyl halides is 3. The highest BCUT2D eigenvalue weighted by Gasteiger charge is 2.31. The summed E-state index contributed by atoms with van der Waals surface area (Å²) in [6, 6.07) is 8.04. The van der Waals surface area contributed by atoms with E-state index in [9.17, 15) is 26.4 Å². The quantitative estimate of drug-likeness (QED) is 0.698. The number of nitrogens with one attached hydrogen (secondary N) is 2. The van der Waals surface area contributed by atoms with Crippen molar-refractivity contribution in [1.82, 2.24) is 4.72 Å². The summed E-state index contributed by atoms with van der Waals surface area (Å²) in [6.45, 7) is -0.227. The van der Waals surface area contributed by atoms with Gasteiger partial charge in [0.25, 0.3) is 5.91 Å². The van der Waals surface area contributed by atoms with Gasteiger partial charge in [0.2, 0.25) is 10.0 Å². The van der Waals surface area contributed by atoms with Crippen LogP contribution in [0.1, 0.15) is 15.9 Å². The maximum atomic E-state index is 13.0. The van der Waals surface area contributed by atoms with Gasteiger partial charge in [-0.3, -0.25) is 4.79 Å². The molecule has 6 nitrogen and oxygen atoms in total. The van der Waals surface area contributed by atoms with Gasteiger partial charge in [0.15, 0.2) is 0 Å². The fourth-order valence-electron chi connectivity index (χ4n) is 2.42. The lowest BCUT2D eigenvalue weighted by Gasteiger charge is -2.20. The summed E-state index contributed by atoms with van der Waals surface area (Å²) in [6.07, 6.45) is 0.452. The van der Waals surface area contributed by atoms with Crippen molar-refractivity contribution in [1.29, 1.82) is 0 Å². The molecule has 0 fully saturated rings. The first-order chi connectivity index (χ1) is 13.5. The average molecular weight is 425 g/mol. The van der Waals surface area contributed by atoms with Crippen molar-refractivity contribution in [2.24, 2.45) is 0 Å². The summed E-state index contributed by atoms with van der Waals surface area (Å²) < 4.78 is 65.6. The van der Waals surface area contributed by atoms with Crippen LogP contribution in [0, 0.1) is 12.3 Å². The van der Waals surface area contributed by atoms with Crippen LogP contribution in [0.25, 0.3) is 0 Å². The SMILES string of the molecule is C#CCNS(=O)(=O)c1cccc(C(=O)Nc2cc(C(F)(F)F)ccc2N(C)C)c1. The Bertz CT molecular complexity index is 1060. The molecule has 2 aromatic carbocycles. The van der Waals surface area contributed by atoms with E-state index >= 15 is 0 Å². The molecule has 10 heteroatoms. The number of hydrogen-bond acceptors (Lipinski definition) is 4. The molecule has 0 radical (unpaired) electrons. The summed E-state index contributed by atoms with van der Waals surface area (Å²) in [4.78, 5) is 13.9. The van der Waals surface area contributed by atoms with Crippen molar-refractivity contribution < 1.29 is 26.4 Å². The largest absolute Gasteiger partial charge is 0.416 e. The molecule has 1 amide bonds. The van der Waals surface area contributed by atoms with Gasteiger partial charge >= 0.3 is 6.18 Å². The highest BCUT2D eigenvalue weighted by atomic mass is 32.2. The van der Waals surface area contributed by atoms with Crippen LogP contribution >= 0.6 is 0 Å². The molecule has 0 bridgehead atoms. The molecule has 154 valence electrons. The predicted octanol–water partition coefficient (Wildman–Crippen LogP) is 2.94. The third-order valence-electron chi connectivity index (χ3n) is 3.82. The fourth-order valence-corrected chi connectivity index (χ4v) is 3.40. The van der Waals surface area contributed by atoms with Crippen LogP contribution in [0.2, 0.25) is 0 Å². The van der Waals surface area contributed by atoms with Crippen molar-refractivity contribution in [3.63, 3.8) is 0 Å². The van der Waals surface area contributed by atoms with Gasteiger partial charge in [-0.25, -0.2) is 8.42 Å². The minimum absolute atomic E-state index is 0.0456. The van der Waals surface area contributed by atoms with Gasteiger partial charge in [0.1, 0.15) is 0 Å². The summed E-state index contributed by atoms with van der Waals surface area (Å²) in [5, 5.41) is 2.41. The minimum Gasteiger partial charge on any atom is -0.376 e. The molecular formula is C19H18F3N3O3S. The second-order valence-electron chi connectivity index (χ2n) is 6.13. The number of benzene rings is 2. The number of anilines is 2. The van der Waals surface area contributed by atoms with Gasteiger partial charge in [0, 0.05) is 19.7 Å². The Morgan fingerprint density at radius 3 is 2.45 bits per heavy atom. The van der Waals surface area contributed by atoms with E-state index < -0.39 is 27.7 Å². The first kappa shape index (κ1) is 22.3. The molecule has 0 atom stereocenters. The fraction of sp³-hybridized carbons (Fsp3) is 0.211. The van der Waals surface area contributed by atoms with Gasteiger partial charge in [-0.05, 0) is 36.4 Å². The molecule has 0 aliphatic heterocycles. The molecule has 0 saturated carbocycles. The van der Waals surface area contributed by atoms with Gasteiger partial charge in [-0.15, -0.1) is 6.42 Å². The Labute approximate surface area is 166 Å². The molecule has 0 spiro atoms. The van der Waals surface area contributed by atoms with Crippen LogP contribution < -0.4 is 14.9 Å². The first-order valence-electron chi connectivity index (χ1n) is 8.19. The molecule has 0 aliphatic carbocycles. The van der Waals surface area contributed by atoms with E-state index in [1.807, 2.05) is 0 Å². The van der Waals surface area contributed by atoms with E-state index in [0.29, 0.717) is 5.69 Å². The van der Waals surface area contributed by atoms with Crippen LogP contribution in [0.15, 0.2) is 47.4 Å². The zero-order valence-electron chi connectivity index (χ0n) is 15.5. The second kappa shape index (κ2) is 8.55. The lowest BCUT2D eigenvalue weighted by atomic mass is 10.1. The van der Waals surface area contributed by atoms with Crippen molar-refractivity contribution in [2.45, 2.75) is 11.1 Å². The Hall–Kier alpha value is -3.03. The van der Waals surface area contributed by atoms with Crippen molar-refractivity contribution in [3.05, 3.63) is 53.6 Å². The number of rotatable bonds is 6. The number of terminal acetylenes is 1. The standard InChI is InChI=1S/C19H18F3N3O3S/c1-4-10-23-29(27,28)15-7-5-6-13(11-15)18(26)24-16-12-14(19(20,21)22)8-9-17(16)25(2)3/h1,5-9,11-12,23H,10H2,2-3H3,(H,24,26). The molecule has 0 heterocycles. The second-order valence-corrected chi connectivity index (χ2v) is 7.90. The van der Waals surface area contributed by atoms with E-state index in [0.717, 1.165) is 18.2 Å². The van der Waals surface area contributed by atoms with Gasteiger partial charge < -0.3 is 10.2 Å². The number of halogens is 3. The average Bonchev–Trinajstić information content (AvgIpc) is 2.65. The molecule has 29 heavy (non-hydrogen) atoms. The lowest BCUT2D eigenvalue weighted by Crippen LogP contribution is -2.24. The molecule has 2 aromatic rings. The molecule has 0 unspecified atom stereocenters. The highest BCUT2D eigenvalue weighted by molar-refractivity contribution is 7.89. The van der Waals surface area contributed by atoms with Crippen molar-refractivity contribution in [2.75, 3.05) is 30.9 Å². The molecule has 2 rings (SSSR count). The van der Waals surface area contributed by atoms with Gasteiger partial charge in [-0.1, -0.05) is 12.0 Å². The lowest BCUT2D eigenvalue weighted by molar-refractivity contribution is -0.137. The maximum absolute atomic E-state index is 13.0. The monoisotopic (exact) mass is 425 g/mol. The van der Waals surface area contributed by atoms with Crippen LogP contribution in [0.4, 0.5) is 24.5 Å². The van der Waals surface area contributed by atoms with E-state index in [2.05, 4.69) is 16.0 Å². The molecule has 2 N–H and O–H groups in total. The molecule has 0 aliphatic rings. The molecular weight excluding hydrogens is 407 g/mol. The number of sulfonamides is 1. The minimum atomic E-state index is -4.58. The number of hydrogen-bond donors (Lipinski definition) is 2. The highest BCUT2D eigenvalue weighted by Crippen LogP contribution is 2.35. The first-order valence-corrected chi connectivity index (χ1v) is 9.67. The normalized spacial score (nSPS) is 11.6. The van der Waals surface area contributed by atoms with Crippen LogP contribution in [-0.4, -0.2) is 35.0 Å².